The number of pyridine rings is 1. The van der Waals surface area contributed by atoms with Crippen molar-refractivity contribution >= 4 is 28.7 Å². The highest BCUT2D eigenvalue weighted by Crippen LogP contribution is 2.30. The average molecular weight is 561 g/mol. The van der Waals surface area contributed by atoms with Crippen LogP contribution in [0.2, 0.25) is 0 Å². The molecule has 0 radical (unpaired) electrons. The Morgan fingerprint density at radius 3 is 2.27 bits per heavy atom. The zero-order chi connectivity index (χ0) is 30.0. The smallest absolute Gasteiger partial charge is 0.260 e. The fraction of sp³-hybridized carbons (Fsp3) is 0.586. The van der Waals surface area contributed by atoms with Gasteiger partial charge in [0.2, 0.25) is 5.95 Å². The Hall–Kier alpha value is -3.18. The largest absolute Gasteiger partial charge is 0.382 e. The molecule has 3 aromatic rings. The molecule has 0 unspecified atom stereocenters. The summed E-state index contributed by atoms with van der Waals surface area (Å²) >= 11 is 0. The van der Waals surface area contributed by atoms with Crippen LogP contribution < -0.4 is 11.5 Å². The van der Waals surface area contributed by atoms with E-state index in [0.29, 0.717) is 31.0 Å². The lowest BCUT2D eigenvalue weighted by atomic mass is 10.0. The van der Waals surface area contributed by atoms with E-state index in [1.807, 2.05) is 57.7 Å². The van der Waals surface area contributed by atoms with Gasteiger partial charge in [-0.1, -0.05) is 34.6 Å². The van der Waals surface area contributed by atoms with Crippen LogP contribution in [-0.4, -0.2) is 68.5 Å². The summed E-state index contributed by atoms with van der Waals surface area (Å²) in [5.41, 5.74) is 16.6. The first-order valence-electron chi connectivity index (χ1n) is 14.0. The molecule has 2 fully saturated rings. The van der Waals surface area contributed by atoms with E-state index >= 15 is 0 Å². The minimum atomic E-state index is -2.46. The number of halogens is 2. The molecule has 0 spiro atoms. The standard InChI is InChI=1S/C15H17N7.C8H13F2NO.C4H10.C2H6/c1-8(2)18-11-4-5-12(19-9(11)3)10-6-7-22-13(10)14(16)20-15(17)21-22;9-8(10)2-1-3-11(6-8)7-4-12-5-7;1-4(2)3;1-2/h4-7H,1-3H3,(H4,16,17,20,21);7H,1-6H2;4H,1-3H3;1-2H3. The summed E-state index contributed by atoms with van der Waals surface area (Å²) in [7, 11) is 0. The molecule has 5 rings (SSSR count). The van der Waals surface area contributed by atoms with E-state index in [-0.39, 0.29) is 25.0 Å². The number of ether oxygens (including phenoxy) is 1. The molecule has 0 amide bonds. The molecular formula is C29H46F2N8O. The molecule has 2 aliphatic heterocycles. The Labute approximate surface area is 237 Å². The third kappa shape index (κ3) is 9.48. The molecule has 5 heterocycles. The van der Waals surface area contributed by atoms with Crippen LogP contribution in [0.15, 0.2) is 29.4 Å². The van der Waals surface area contributed by atoms with Crippen molar-refractivity contribution in [2.45, 2.75) is 80.2 Å². The highest BCUT2D eigenvalue weighted by molar-refractivity contribution is 5.87. The van der Waals surface area contributed by atoms with Gasteiger partial charge in [0.05, 0.1) is 42.9 Å². The lowest BCUT2D eigenvalue weighted by molar-refractivity contribution is -0.126. The Morgan fingerprint density at radius 1 is 1.10 bits per heavy atom. The van der Waals surface area contributed by atoms with Crippen molar-refractivity contribution in [3.8, 4) is 11.3 Å². The van der Waals surface area contributed by atoms with Gasteiger partial charge in [-0.05, 0) is 57.9 Å². The van der Waals surface area contributed by atoms with Gasteiger partial charge >= 0.3 is 0 Å². The van der Waals surface area contributed by atoms with Gasteiger partial charge in [0.15, 0.2) is 5.82 Å². The zero-order valence-corrected chi connectivity index (χ0v) is 25.2. The van der Waals surface area contributed by atoms with Gasteiger partial charge in [-0.15, -0.1) is 5.10 Å². The number of alkyl halides is 2. The van der Waals surface area contributed by atoms with Gasteiger partial charge in [-0.25, -0.2) is 13.3 Å². The van der Waals surface area contributed by atoms with Gasteiger partial charge < -0.3 is 16.2 Å². The van der Waals surface area contributed by atoms with Crippen LogP contribution in [0, 0.1) is 12.8 Å². The summed E-state index contributed by atoms with van der Waals surface area (Å²) in [5.74, 6) is -1.16. The van der Waals surface area contributed by atoms with Crippen LogP contribution in [0.4, 0.5) is 26.2 Å². The number of anilines is 2. The first kappa shape index (κ1) is 33.0. The average Bonchev–Trinajstić information content (AvgIpc) is 3.24. The number of hydrogen-bond acceptors (Lipinski definition) is 8. The van der Waals surface area contributed by atoms with E-state index in [0.717, 1.165) is 40.8 Å². The van der Waals surface area contributed by atoms with Crippen molar-refractivity contribution in [3.05, 3.63) is 30.1 Å². The summed E-state index contributed by atoms with van der Waals surface area (Å²) in [6, 6.07) is 6.02. The lowest BCUT2D eigenvalue weighted by Crippen LogP contribution is -2.55. The van der Waals surface area contributed by atoms with Crippen LogP contribution in [0.1, 0.15) is 67.0 Å². The van der Waals surface area contributed by atoms with Crippen LogP contribution in [0.5, 0.6) is 0 Å². The summed E-state index contributed by atoms with van der Waals surface area (Å²) in [6.45, 7) is 18.4. The second-order valence-electron chi connectivity index (χ2n) is 10.6. The number of rotatable bonds is 3. The molecule has 40 heavy (non-hydrogen) atoms. The van der Waals surface area contributed by atoms with E-state index in [9.17, 15) is 8.78 Å². The SMILES string of the molecule is CC.CC(C)=Nc1ccc(-c2ccn3nc(N)nc(N)c23)nc1C.CC(C)C.FC1(F)CCCN(C2COC2)C1. The predicted molar refractivity (Wildman–Crippen MR) is 160 cm³/mol. The van der Waals surface area contributed by atoms with Crippen LogP contribution in [-0.2, 0) is 4.74 Å². The minimum absolute atomic E-state index is 0.0527. The number of nitrogen functional groups attached to an aromatic ring is 2. The maximum atomic E-state index is 12.9. The summed E-state index contributed by atoms with van der Waals surface area (Å²) < 4.78 is 32.4. The zero-order valence-electron chi connectivity index (χ0n) is 25.2. The summed E-state index contributed by atoms with van der Waals surface area (Å²) in [5, 5.41) is 4.12. The van der Waals surface area contributed by atoms with E-state index < -0.39 is 5.92 Å². The topological polar surface area (TPSA) is 120 Å². The van der Waals surface area contributed by atoms with Gasteiger partial charge in [0, 0.05) is 23.9 Å². The molecule has 0 bridgehead atoms. The first-order valence-corrected chi connectivity index (χ1v) is 14.0. The van der Waals surface area contributed by atoms with Crippen molar-refractivity contribution in [2.24, 2.45) is 10.9 Å². The maximum Gasteiger partial charge on any atom is 0.260 e. The molecule has 0 atom stereocenters. The number of nitrogens with two attached hydrogens (primary N) is 2. The molecule has 222 valence electrons. The van der Waals surface area contributed by atoms with Crippen molar-refractivity contribution < 1.29 is 13.5 Å². The molecule has 0 saturated carbocycles. The molecule has 4 N–H and O–H groups in total. The molecule has 11 heteroatoms. The molecule has 2 saturated heterocycles. The number of aromatic nitrogens is 4. The number of piperidine rings is 1. The highest BCUT2D eigenvalue weighted by atomic mass is 19.3. The molecule has 0 aliphatic carbocycles. The highest BCUT2D eigenvalue weighted by Gasteiger charge is 2.39. The number of hydrogen-bond donors (Lipinski definition) is 2. The fourth-order valence-corrected chi connectivity index (χ4v) is 4.08. The van der Waals surface area contributed by atoms with Crippen molar-refractivity contribution in [1.29, 1.82) is 0 Å². The third-order valence-corrected chi connectivity index (χ3v) is 5.79. The van der Waals surface area contributed by atoms with E-state index in [1.165, 1.54) is 0 Å². The Morgan fingerprint density at radius 2 is 1.75 bits per heavy atom. The number of aliphatic imine (C=N–C) groups is 1. The van der Waals surface area contributed by atoms with Gasteiger partial charge in [-0.3, -0.25) is 14.9 Å². The Balaban J connectivity index is 0.000000261. The predicted octanol–water partition coefficient (Wildman–Crippen LogP) is 6.18. The monoisotopic (exact) mass is 560 g/mol. The molecule has 3 aromatic heterocycles. The lowest BCUT2D eigenvalue weighted by Gasteiger charge is -2.41. The van der Waals surface area contributed by atoms with Crippen LogP contribution in [0.3, 0.4) is 0 Å². The van der Waals surface area contributed by atoms with E-state index in [1.54, 1.807) is 10.7 Å². The molecule has 0 aromatic carbocycles. The van der Waals surface area contributed by atoms with Crippen molar-refractivity contribution in [1.82, 2.24) is 24.5 Å². The quantitative estimate of drug-likeness (QED) is 0.367. The number of nitrogens with zero attached hydrogens (tertiary/aromatic N) is 6. The Kier molecular flexibility index (Phi) is 12.4. The normalized spacial score (nSPS) is 16.5. The van der Waals surface area contributed by atoms with Crippen molar-refractivity contribution in [3.63, 3.8) is 0 Å². The van der Waals surface area contributed by atoms with Crippen molar-refractivity contribution in [2.75, 3.05) is 37.8 Å². The van der Waals surface area contributed by atoms with Crippen LogP contribution >= 0.6 is 0 Å². The summed E-state index contributed by atoms with van der Waals surface area (Å²) in [6.07, 6.45) is 2.46. The molecule has 9 nitrogen and oxygen atoms in total. The second-order valence-corrected chi connectivity index (χ2v) is 10.6. The van der Waals surface area contributed by atoms with Gasteiger partial charge in [0.25, 0.3) is 5.92 Å². The molecule has 2 aliphatic rings. The Bertz CT molecular complexity index is 1250. The number of aryl methyl sites for hydroxylation is 1. The number of likely N-dealkylation sites (tertiary alicyclic amines) is 1. The fourth-order valence-electron chi connectivity index (χ4n) is 4.08. The third-order valence-electron chi connectivity index (χ3n) is 5.79. The molecular weight excluding hydrogens is 514 g/mol. The van der Waals surface area contributed by atoms with Gasteiger partial charge in [-0.2, -0.15) is 4.98 Å². The maximum absolute atomic E-state index is 12.9. The summed E-state index contributed by atoms with van der Waals surface area (Å²) in [4.78, 5) is 14.9. The van der Waals surface area contributed by atoms with Gasteiger partial charge in [0.1, 0.15) is 5.52 Å². The van der Waals surface area contributed by atoms with Crippen LogP contribution in [0.25, 0.3) is 16.8 Å². The minimum Gasteiger partial charge on any atom is -0.382 e. The number of fused-ring (bicyclic) bond motifs is 1. The van der Waals surface area contributed by atoms with E-state index in [2.05, 4.69) is 40.8 Å². The van der Waals surface area contributed by atoms with E-state index in [4.69, 9.17) is 16.2 Å². The first-order chi connectivity index (χ1) is 18.9. The second kappa shape index (κ2) is 15.0.